The zero-order valence-electron chi connectivity index (χ0n) is 13.5. The number of pyridine rings is 1. The first kappa shape index (κ1) is 15.6. The smallest absolute Gasteiger partial charge is 0.252 e. The van der Waals surface area contributed by atoms with Crippen molar-refractivity contribution in [3.05, 3.63) is 65.7 Å². The average molecular weight is 339 g/mol. The Balaban J connectivity index is 1.77. The summed E-state index contributed by atoms with van der Waals surface area (Å²) < 4.78 is 15.3. The number of halogens is 1. The van der Waals surface area contributed by atoms with Crippen LogP contribution in [0.1, 0.15) is 28.4 Å². The minimum atomic E-state index is -0.521. The van der Waals surface area contributed by atoms with Gasteiger partial charge in [-0.3, -0.25) is 4.79 Å². The average Bonchev–Trinajstić information content (AvgIpc) is 3.17. The van der Waals surface area contributed by atoms with E-state index in [4.69, 9.17) is 11.5 Å². The third-order valence-corrected chi connectivity index (χ3v) is 4.67. The second-order valence-electron chi connectivity index (χ2n) is 6.36. The van der Waals surface area contributed by atoms with Crippen LogP contribution in [-0.4, -0.2) is 28.1 Å². The molecule has 4 N–H and O–H groups in total. The number of primary amides is 1. The summed E-state index contributed by atoms with van der Waals surface area (Å²) in [5.74, 6) is -0.785. The Morgan fingerprint density at radius 2 is 2.12 bits per heavy atom. The molecule has 0 saturated carbocycles. The maximum absolute atomic E-state index is 13.6. The minimum absolute atomic E-state index is 0.00924. The Labute approximate surface area is 143 Å². The second kappa shape index (κ2) is 5.86. The first-order valence-corrected chi connectivity index (χ1v) is 8.08. The summed E-state index contributed by atoms with van der Waals surface area (Å²) in [6.45, 7) is 0.650. The normalized spacial score (nSPS) is 20.3. The number of amides is 1. The van der Waals surface area contributed by atoms with Crippen molar-refractivity contribution in [2.75, 3.05) is 11.4 Å². The summed E-state index contributed by atoms with van der Waals surface area (Å²) in [6.07, 6.45) is 3.97. The van der Waals surface area contributed by atoms with Crippen molar-refractivity contribution in [3.63, 3.8) is 0 Å². The molecule has 0 bridgehead atoms. The molecule has 0 radical (unpaired) electrons. The van der Waals surface area contributed by atoms with Crippen LogP contribution in [0.5, 0.6) is 0 Å². The van der Waals surface area contributed by atoms with Crippen molar-refractivity contribution in [2.24, 2.45) is 11.5 Å². The van der Waals surface area contributed by atoms with Crippen LogP contribution in [-0.2, 0) is 0 Å². The third kappa shape index (κ3) is 2.72. The van der Waals surface area contributed by atoms with Crippen LogP contribution in [0.4, 0.5) is 10.1 Å². The minimum Gasteiger partial charge on any atom is -0.365 e. The molecule has 4 rings (SSSR count). The van der Waals surface area contributed by atoms with Crippen molar-refractivity contribution in [3.8, 4) is 0 Å². The van der Waals surface area contributed by atoms with Crippen LogP contribution in [0, 0.1) is 5.82 Å². The predicted molar refractivity (Wildman–Crippen MR) is 92.8 cm³/mol. The van der Waals surface area contributed by atoms with E-state index >= 15 is 0 Å². The molecule has 1 aliphatic heterocycles. The number of anilines is 1. The van der Waals surface area contributed by atoms with Crippen molar-refractivity contribution in [1.82, 2.24) is 9.61 Å². The molecule has 0 spiro atoms. The highest BCUT2D eigenvalue weighted by atomic mass is 19.1. The molecule has 7 heteroatoms. The van der Waals surface area contributed by atoms with Crippen LogP contribution in [0.3, 0.4) is 0 Å². The number of benzene rings is 1. The van der Waals surface area contributed by atoms with E-state index in [9.17, 15) is 9.18 Å². The predicted octanol–water partition coefficient (Wildman–Crippen LogP) is 1.85. The largest absolute Gasteiger partial charge is 0.365 e. The van der Waals surface area contributed by atoms with E-state index < -0.39 is 5.91 Å². The van der Waals surface area contributed by atoms with Crippen LogP contribution < -0.4 is 16.4 Å². The maximum Gasteiger partial charge on any atom is 0.252 e. The lowest BCUT2D eigenvalue weighted by atomic mass is 10.0. The van der Waals surface area contributed by atoms with Gasteiger partial charge in [-0.25, -0.2) is 8.91 Å². The van der Waals surface area contributed by atoms with E-state index in [2.05, 4.69) is 10.00 Å². The van der Waals surface area contributed by atoms with Crippen molar-refractivity contribution in [1.29, 1.82) is 0 Å². The summed E-state index contributed by atoms with van der Waals surface area (Å²) in [7, 11) is 0. The molecule has 6 nitrogen and oxygen atoms in total. The van der Waals surface area contributed by atoms with Gasteiger partial charge in [0.05, 0.1) is 23.3 Å². The zero-order valence-corrected chi connectivity index (χ0v) is 13.5. The van der Waals surface area contributed by atoms with E-state index in [0.717, 1.165) is 17.7 Å². The van der Waals surface area contributed by atoms with Crippen LogP contribution >= 0.6 is 0 Å². The summed E-state index contributed by atoms with van der Waals surface area (Å²) >= 11 is 0. The molecule has 1 amide bonds. The fourth-order valence-electron chi connectivity index (χ4n) is 3.52. The summed E-state index contributed by atoms with van der Waals surface area (Å²) in [5, 5.41) is 4.13. The topological polar surface area (TPSA) is 89.7 Å². The van der Waals surface area contributed by atoms with Gasteiger partial charge >= 0.3 is 0 Å². The lowest BCUT2D eigenvalue weighted by Crippen LogP contribution is -2.27. The van der Waals surface area contributed by atoms with Crippen LogP contribution in [0.2, 0.25) is 0 Å². The third-order valence-electron chi connectivity index (χ3n) is 4.67. The fourth-order valence-corrected chi connectivity index (χ4v) is 3.52. The number of hydrogen-bond donors (Lipinski definition) is 2. The molecule has 0 aliphatic carbocycles. The standard InChI is InChI=1S/C18H18FN5O/c19-12-3-1-2-11(6-12)16-7-13(20)10-23(16)14-4-5-24-17(8-14)15(9-22-24)18(21)25/h1-6,8-9,13,16H,7,10,20H2,(H2,21,25)/t13-,16+/m0/s1. The van der Waals surface area contributed by atoms with Gasteiger partial charge in [-0.2, -0.15) is 5.10 Å². The molecule has 1 fully saturated rings. The van der Waals surface area contributed by atoms with Gasteiger partial charge in [-0.05, 0) is 36.2 Å². The highest BCUT2D eigenvalue weighted by Crippen LogP contribution is 2.36. The van der Waals surface area contributed by atoms with Crippen LogP contribution in [0.15, 0.2) is 48.8 Å². The molecule has 25 heavy (non-hydrogen) atoms. The Morgan fingerprint density at radius 3 is 2.88 bits per heavy atom. The lowest BCUT2D eigenvalue weighted by molar-refractivity contribution is 0.100. The number of carbonyl (C=O) groups excluding carboxylic acids is 1. The van der Waals surface area contributed by atoms with Gasteiger partial charge in [0, 0.05) is 24.5 Å². The van der Waals surface area contributed by atoms with Gasteiger partial charge < -0.3 is 16.4 Å². The first-order valence-electron chi connectivity index (χ1n) is 8.08. The van der Waals surface area contributed by atoms with E-state index in [0.29, 0.717) is 17.6 Å². The molecule has 1 aromatic carbocycles. The zero-order chi connectivity index (χ0) is 17.6. The molecular formula is C18H18FN5O. The molecule has 1 saturated heterocycles. The van der Waals surface area contributed by atoms with Gasteiger partial charge in [0.15, 0.2) is 0 Å². The van der Waals surface area contributed by atoms with E-state index in [1.54, 1.807) is 22.8 Å². The lowest BCUT2D eigenvalue weighted by Gasteiger charge is -2.27. The van der Waals surface area contributed by atoms with Crippen molar-refractivity contribution < 1.29 is 9.18 Å². The Hall–Kier alpha value is -2.93. The molecule has 2 aromatic heterocycles. The van der Waals surface area contributed by atoms with Crippen LogP contribution in [0.25, 0.3) is 5.52 Å². The second-order valence-corrected chi connectivity index (χ2v) is 6.36. The molecule has 3 heterocycles. The molecule has 128 valence electrons. The number of aromatic nitrogens is 2. The number of hydrogen-bond acceptors (Lipinski definition) is 4. The number of rotatable bonds is 3. The number of nitrogens with zero attached hydrogens (tertiary/aromatic N) is 3. The molecule has 0 unspecified atom stereocenters. The Kier molecular flexibility index (Phi) is 3.65. The molecular weight excluding hydrogens is 321 g/mol. The number of fused-ring (bicyclic) bond motifs is 1. The fraction of sp³-hybridized carbons (Fsp3) is 0.222. The highest BCUT2D eigenvalue weighted by Gasteiger charge is 2.32. The molecule has 3 aromatic rings. The van der Waals surface area contributed by atoms with Crippen molar-refractivity contribution >= 4 is 17.1 Å². The van der Waals surface area contributed by atoms with E-state index in [1.165, 1.54) is 12.3 Å². The summed E-state index contributed by atoms with van der Waals surface area (Å²) in [5.41, 5.74) is 14.4. The molecule has 2 atom stereocenters. The Bertz CT molecular complexity index is 954. The number of nitrogens with two attached hydrogens (primary N) is 2. The Morgan fingerprint density at radius 1 is 1.28 bits per heavy atom. The van der Waals surface area contributed by atoms with Gasteiger partial charge in [-0.1, -0.05) is 12.1 Å². The summed E-state index contributed by atoms with van der Waals surface area (Å²) in [4.78, 5) is 13.7. The maximum atomic E-state index is 13.6. The van der Waals surface area contributed by atoms with Crippen molar-refractivity contribution in [2.45, 2.75) is 18.5 Å². The SMILES string of the molecule is NC(=O)c1cnn2ccc(N3C[C@@H](N)C[C@@H]3c3cccc(F)c3)cc12. The van der Waals surface area contributed by atoms with Gasteiger partial charge in [-0.15, -0.1) is 0 Å². The highest BCUT2D eigenvalue weighted by molar-refractivity contribution is 5.99. The van der Waals surface area contributed by atoms with Gasteiger partial charge in [0.1, 0.15) is 5.82 Å². The summed E-state index contributed by atoms with van der Waals surface area (Å²) in [6, 6.07) is 10.3. The van der Waals surface area contributed by atoms with E-state index in [1.807, 2.05) is 18.2 Å². The quantitative estimate of drug-likeness (QED) is 0.762. The van der Waals surface area contributed by atoms with E-state index in [-0.39, 0.29) is 17.9 Å². The molecule has 1 aliphatic rings. The first-order chi connectivity index (χ1) is 12.0. The number of carbonyl (C=O) groups is 1. The van der Waals surface area contributed by atoms with Gasteiger partial charge in [0.2, 0.25) is 0 Å². The monoisotopic (exact) mass is 339 g/mol. The van der Waals surface area contributed by atoms with Gasteiger partial charge in [0.25, 0.3) is 5.91 Å².